The second-order valence-corrected chi connectivity index (χ2v) is 11.7. The highest BCUT2D eigenvalue weighted by atomic mass is 35.5. The number of nitrogens with zero attached hydrogens (tertiary/aromatic N) is 5. The van der Waals surface area contributed by atoms with Crippen molar-refractivity contribution in [3.8, 4) is 0 Å². The maximum absolute atomic E-state index is 13.4. The zero-order chi connectivity index (χ0) is 27.4. The van der Waals surface area contributed by atoms with E-state index in [0.29, 0.717) is 72.7 Å². The van der Waals surface area contributed by atoms with Crippen molar-refractivity contribution in [1.29, 1.82) is 0 Å². The predicted molar refractivity (Wildman–Crippen MR) is 150 cm³/mol. The third-order valence-corrected chi connectivity index (χ3v) is 7.23. The van der Waals surface area contributed by atoms with Gasteiger partial charge in [0.15, 0.2) is 0 Å². The van der Waals surface area contributed by atoms with Gasteiger partial charge in [-0.05, 0) is 57.7 Å². The minimum atomic E-state index is -0.612. The molecule has 2 amide bonds. The van der Waals surface area contributed by atoms with Crippen molar-refractivity contribution < 1.29 is 14.3 Å². The van der Waals surface area contributed by atoms with Gasteiger partial charge in [-0.3, -0.25) is 9.69 Å². The number of anilines is 2. The van der Waals surface area contributed by atoms with Gasteiger partial charge in [0.25, 0.3) is 0 Å². The SMILES string of the molecule is CC(C)(C)OC(=O)N1CCCCC1C(=O)N1CCN(c2nc(Cl)cc(NCc3ccc(Cl)cc3Cl)n2)CC1. The number of likely N-dealkylation sites (tertiary alicyclic amines) is 1. The summed E-state index contributed by atoms with van der Waals surface area (Å²) in [6.45, 7) is 8.55. The van der Waals surface area contributed by atoms with Crippen molar-refractivity contribution in [2.24, 2.45) is 0 Å². The smallest absolute Gasteiger partial charge is 0.410 e. The lowest BCUT2D eigenvalue weighted by molar-refractivity contribution is -0.138. The fourth-order valence-electron chi connectivity index (χ4n) is 4.55. The highest BCUT2D eigenvalue weighted by Gasteiger charge is 2.38. The summed E-state index contributed by atoms with van der Waals surface area (Å²) in [5.74, 6) is 1.02. The third kappa shape index (κ3) is 7.33. The first-order chi connectivity index (χ1) is 18.0. The highest BCUT2D eigenvalue weighted by Crippen LogP contribution is 2.25. The molecule has 2 fully saturated rings. The molecule has 1 aromatic heterocycles. The molecule has 2 saturated heterocycles. The van der Waals surface area contributed by atoms with Gasteiger partial charge in [0, 0.05) is 55.4 Å². The van der Waals surface area contributed by atoms with Crippen molar-refractivity contribution in [3.05, 3.63) is 45.0 Å². The second-order valence-electron chi connectivity index (χ2n) is 10.5. The van der Waals surface area contributed by atoms with Gasteiger partial charge in [-0.15, -0.1) is 0 Å². The first-order valence-corrected chi connectivity index (χ1v) is 13.9. The summed E-state index contributed by atoms with van der Waals surface area (Å²) in [5.41, 5.74) is 0.266. The number of hydrogen-bond acceptors (Lipinski definition) is 7. The van der Waals surface area contributed by atoms with Gasteiger partial charge < -0.3 is 19.9 Å². The van der Waals surface area contributed by atoms with Crippen LogP contribution in [-0.4, -0.2) is 76.1 Å². The largest absolute Gasteiger partial charge is 0.444 e. The molecule has 12 heteroatoms. The Kier molecular flexibility index (Phi) is 9.11. The van der Waals surface area contributed by atoms with Crippen molar-refractivity contribution in [3.63, 3.8) is 0 Å². The maximum Gasteiger partial charge on any atom is 0.410 e. The monoisotopic (exact) mass is 582 g/mol. The van der Waals surface area contributed by atoms with Crippen molar-refractivity contribution in [2.75, 3.05) is 42.9 Å². The number of carbonyl (C=O) groups excluding carboxylic acids is 2. The van der Waals surface area contributed by atoms with Crippen molar-refractivity contribution in [2.45, 2.75) is 58.2 Å². The minimum Gasteiger partial charge on any atom is -0.444 e. The molecule has 4 rings (SSSR count). The van der Waals surface area contributed by atoms with Crippen LogP contribution in [-0.2, 0) is 16.1 Å². The Balaban J connectivity index is 1.37. The number of rotatable bonds is 5. The van der Waals surface area contributed by atoms with E-state index in [2.05, 4.69) is 15.3 Å². The van der Waals surface area contributed by atoms with E-state index in [-0.39, 0.29) is 5.91 Å². The zero-order valence-corrected chi connectivity index (χ0v) is 24.1. The van der Waals surface area contributed by atoms with Crippen LogP contribution in [0, 0.1) is 0 Å². The fourth-order valence-corrected chi connectivity index (χ4v) is 5.21. The molecule has 0 saturated carbocycles. The average Bonchev–Trinajstić information content (AvgIpc) is 2.86. The van der Waals surface area contributed by atoms with Crippen molar-refractivity contribution in [1.82, 2.24) is 19.8 Å². The maximum atomic E-state index is 13.4. The molecule has 0 spiro atoms. The van der Waals surface area contributed by atoms with Crippen LogP contribution < -0.4 is 10.2 Å². The van der Waals surface area contributed by atoms with Gasteiger partial charge in [-0.1, -0.05) is 40.9 Å². The Hall–Kier alpha value is -2.49. The van der Waals surface area contributed by atoms with E-state index in [4.69, 9.17) is 39.5 Å². The van der Waals surface area contributed by atoms with Gasteiger partial charge in [0.2, 0.25) is 11.9 Å². The molecule has 0 aliphatic carbocycles. The topological polar surface area (TPSA) is 90.9 Å². The third-order valence-electron chi connectivity index (χ3n) is 6.45. The minimum absolute atomic E-state index is 0.0376. The molecule has 2 aliphatic heterocycles. The van der Waals surface area contributed by atoms with Gasteiger partial charge in [-0.2, -0.15) is 4.98 Å². The molecule has 1 atom stereocenters. The van der Waals surface area contributed by atoms with Crippen LogP contribution in [0.4, 0.5) is 16.6 Å². The Labute approximate surface area is 238 Å². The lowest BCUT2D eigenvalue weighted by Crippen LogP contribution is -2.57. The van der Waals surface area contributed by atoms with Crippen LogP contribution >= 0.6 is 34.8 Å². The Morgan fingerprint density at radius 1 is 1.03 bits per heavy atom. The molecule has 1 N–H and O–H groups in total. The lowest BCUT2D eigenvalue weighted by Gasteiger charge is -2.41. The molecule has 1 unspecified atom stereocenters. The fraction of sp³-hybridized carbons (Fsp3) is 0.538. The molecule has 0 radical (unpaired) electrons. The Bertz CT molecular complexity index is 1170. The molecule has 2 aliphatic rings. The molecule has 0 bridgehead atoms. The summed E-state index contributed by atoms with van der Waals surface area (Å²) in [4.78, 5) is 40.6. The number of piperazine rings is 1. The van der Waals surface area contributed by atoms with Gasteiger partial charge in [0.05, 0.1) is 0 Å². The first-order valence-electron chi connectivity index (χ1n) is 12.8. The highest BCUT2D eigenvalue weighted by molar-refractivity contribution is 6.35. The molecule has 2 aromatic rings. The Morgan fingerprint density at radius 3 is 2.45 bits per heavy atom. The normalized spacial score (nSPS) is 18.4. The number of benzene rings is 1. The van der Waals surface area contributed by atoms with Crippen molar-refractivity contribution >= 4 is 58.6 Å². The second kappa shape index (κ2) is 12.1. The zero-order valence-electron chi connectivity index (χ0n) is 21.8. The van der Waals surface area contributed by atoms with E-state index in [1.54, 1.807) is 23.1 Å². The van der Waals surface area contributed by atoms with Gasteiger partial charge >= 0.3 is 6.09 Å². The van der Waals surface area contributed by atoms with Crippen LogP contribution in [0.15, 0.2) is 24.3 Å². The average molecular weight is 584 g/mol. The van der Waals surface area contributed by atoms with Crippen LogP contribution in [0.5, 0.6) is 0 Å². The van der Waals surface area contributed by atoms with E-state index in [0.717, 1.165) is 18.4 Å². The van der Waals surface area contributed by atoms with Gasteiger partial charge in [0.1, 0.15) is 22.6 Å². The Morgan fingerprint density at radius 2 is 1.76 bits per heavy atom. The molecule has 38 heavy (non-hydrogen) atoms. The number of piperidine rings is 1. The number of carbonyl (C=O) groups is 2. The molecule has 1 aromatic carbocycles. The van der Waals surface area contributed by atoms with Crippen LogP contribution in [0.1, 0.15) is 45.6 Å². The number of amides is 2. The van der Waals surface area contributed by atoms with E-state index in [1.807, 2.05) is 36.6 Å². The number of aromatic nitrogens is 2. The molecular weight excluding hydrogens is 551 g/mol. The summed E-state index contributed by atoms with van der Waals surface area (Å²) >= 11 is 18.6. The van der Waals surface area contributed by atoms with E-state index in [1.165, 1.54) is 0 Å². The summed E-state index contributed by atoms with van der Waals surface area (Å²) in [6, 6.07) is 6.49. The summed E-state index contributed by atoms with van der Waals surface area (Å²) in [5, 5.41) is 4.69. The summed E-state index contributed by atoms with van der Waals surface area (Å²) < 4.78 is 5.56. The standard InChI is InChI=1S/C26H33Cl3N6O3/c1-26(2,3)38-25(37)35-9-5-4-6-20(35)23(36)33-10-12-34(13-11-33)24-31-21(29)15-22(32-24)30-16-17-7-8-18(27)14-19(17)28/h7-8,14-15,20H,4-6,9-13,16H2,1-3H3,(H,30,31,32). The quantitative estimate of drug-likeness (QED) is 0.466. The van der Waals surface area contributed by atoms with E-state index < -0.39 is 17.7 Å². The van der Waals surface area contributed by atoms with Crippen LogP contribution in [0.2, 0.25) is 15.2 Å². The molecule has 9 nitrogen and oxygen atoms in total. The molecular formula is C26H33Cl3N6O3. The van der Waals surface area contributed by atoms with E-state index in [9.17, 15) is 9.59 Å². The molecule has 3 heterocycles. The molecule has 206 valence electrons. The van der Waals surface area contributed by atoms with Crippen LogP contribution in [0.25, 0.3) is 0 Å². The number of nitrogens with one attached hydrogen (secondary N) is 1. The van der Waals surface area contributed by atoms with E-state index >= 15 is 0 Å². The summed E-state index contributed by atoms with van der Waals surface area (Å²) in [6.07, 6.45) is 1.98. The predicted octanol–water partition coefficient (Wildman–Crippen LogP) is 5.49. The van der Waals surface area contributed by atoms with Crippen LogP contribution in [0.3, 0.4) is 0 Å². The number of ether oxygens (including phenoxy) is 1. The number of halogens is 3. The first kappa shape index (κ1) is 28.5. The number of hydrogen-bond donors (Lipinski definition) is 1. The summed E-state index contributed by atoms with van der Waals surface area (Å²) in [7, 11) is 0. The lowest BCUT2D eigenvalue weighted by atomic mass is 10.0. The van der Waals surface area contributed by atoms with Gasteiger partial charge in [-0.25, -0.2) is 9.78 Å².